The van der Waals surface area contributed by atoms with Gasteiger partial charge in [0.1, 0.15) is 11.5 Å². The molecule has 57 heavy (non-hydrogen) atoms. The van der Waals surface area contributed by atoms with Crippen LogP contribution in [-0.4, -0.2) is 92.1 Å². The standard InChI is InChI=1S/C16H19N2O4P.C15H17N2OP.C11H25N2OP/c1-21-15-7-3-13(4-8-15)17-11-12-18(23(17,19)20)14-5-9-16(22-2)10-6-14;1-19(18)16(14-8-4-2-5-9-14)12-13-17(19)15-10-6-3-7-11-15;1-10(2,3)12-8-9-13(11(4,5)6)15(12,7)14/h3-10H,11-12H2,1-2H3,(H,19,20);2-11H,12-13H2,1H3;8-9H2,1-7H3. The van der Waals surface area contributed by atoms with Gasteiger partial charge in [-0.2, -0.15) is 0 Å². The van der Waals surface area contributed by atoms with Gasteiger partial charge >= 0.3 is 7.67 Å². The fraction of sp³-hybridized carbons (Fsp3) is 0.429. The van der Waals surface area contributed by atoms with Crippen LogP contribution in [0.15, 0.2) is 109 Å². The normalized spacial score (nSPS) is 19.1. The second-order valence-corrected chi connectivity index (χ2v) is 23.6. The summed E-state index contributed by atoms with van der Waals surface area (Å²) in [5.74, 6) is 1.43. The van der Waals surface area contributed by atoms with Gasteiger partial charge in [0, 0.05) is 86.4 Å². The number of rotatable bonds is 6. The summed E-state index contributed by atoms with van der Waals surface area (Å²) in [5.41, 5.74) is 3.45. The summed E-state index contributed by atoms with van der Waals surface area (Å²) >= 11 is 0. The molecule has 0 bridgehead atoms. The lowest BCUT2D eigenvalue weighted by molar-refractivity contribution is 0.269. The summed E-state index contributed by atoms with van der Waals surface area (Å²) in [7, 11) is -5.37. The quantitative estimate of drug-likeness (QED) is 0.187. The number of benzene rings is 4. The zero-order chi connectivity index (χ0) is 41.8. The Morgan fingerprint density at radius 1 is 0.456 bits per heavy atom. The molecule has 3 aliphatic heterocycles. The molecule has 0 aliphatic carbocycles. The molecule has 3 saturated heterocycles. The number of anilines is 4. The number of hydrogen-bond acceptors (Lipinski definition) is 5. The Balaban J connectivity index is 0.000000167. The minimum absolute atomic E-state index is 0.00965. The van der Waals surface area contributed by atoms with E-state index in [0.29, 0.717) is 36.0 Å². The van der Waals surface area contributed by atoms with E-state index in [0.717, 1.165) is 37.6 Å². The second kappa shape index (κ2) is 17.6. The van der Waals surface area contributed by atoms with Gasteiger partial charge < -0.3 is 23.7 Å². The van der Waals surface area contributed by atoms with Crippen LogP contribution in [-0.2, 0) is 13.7 Å². The van der Waals surface area contributed by atoms with Crippen molar-refractivity contribution in [2.75, 3.05) is 85.5 Å². The van der Waals surface area contributed by atoms with E-state index in [1.54, 1.807) is 62.8 Å². The van der Waals surface area contributed by atoms with Crippen LogP contribution < -0.4 is 28.2 Å². The highest BCUT2D eigenvalue weighted by Gasteiger charge is 2.48. The van der Waals surface area contributed by atoms with E-state index in [4.69, 9.17) is 9.47 Å². The third-order valence-corrected chi connectivity index (χ3v) is 18.6. The zero-order valence-corrected chi connectivity index (χ0v) is 37.8. The van der Waals surface area contributed by atoms with Crippen molar-refractivity contribution in [3.05, 3.63) is 109 Å². The molecule has 0 unspecified atom stereocenters. The van der Waals surface area contributed by atoms with Gasteiger partial charge in [-0.1, -0.05) is 36.4 Å². The Kier molecular flexibility index (Phi) is 13.7. The predicted octanol–water partition coefficient (Wildman–Crippen LogP) is 9.99. The van der Waals surface area contributed by atoms with Gasteiger partial charge in [-0.05, 0) is 114 Å². The van der Waals surface area contributed by atoms with Gasteiger partial charge in [-0.25, -0.2) is 13.9 Å². The molecule has 0 saturated carbocycles. The van der Waals surface area contributed by atoms with E-state index in [2.05, 4.69) is 50.9 Å². The SMILES string of the molecule is CC(C)(C)N1CCN(C(C)(C)C)P1(C)=O.COc1ccc(N2CCN(c3ccc(OC)cc3)P2(=O)O)cc1.CP1(=O)N(c2ccccc2)CCN1c1ccccc1. The molecule has 3 fully saturated rings. The van der Waals surface area contributed by atoms with Crippen LogP contribution in [0.3, 0.4) is 0 Å². The van der Waals surface area contributed by atoms with Gasteiger partial charge in [0.25, 0.3) is 7.44 Å². The van der Waals surface area contributed by atoms with Crippen molar-refractivity contribution in [3.63, 3.8) is 0 Å². The fourth-order valence-electron chi connectivity index (χ4n) is 7.70. The molecule has 4 aromatic rings. The maximum atomic E-state index is 13.1. The summed E-state index contributed by atoms with van der Waals surface area (Å²) in [6.45, 7) is 20.9. The molecule has 0 spiro atoms. The van der Waals surface area contributed by atoms with Crippen molar-refractivity contribution in [1.29, 1.82) is 0 Å². The van der Waals surface area contributed by atoms with Crippen molar-refractivity contribution >= 4 is 45.3 Å². The lowest BCUT2D eigenvalue weighted by atomic mass is 10.1. The third-order valence-electron chi connectivity index (χ3n) is 10.4. The van der Waals surface area contributed by atoms with Gasteiger partial charge in [0.2, 0.25) is 7.44 Å². The van der Waals surface area contributed by atoms with E-state index < -0.39 is 22.6 Å². The van der Waals surface area contributed by atoms with Crippen molar-refractivity contribution in [1.82, 2.24) is 9.34 Å². The topological polar surface area (TPSA) is 109 Å². The van der Waals surface area contributed by atoms with Crippen LogP contribution in [0.1, 0.15) is 41.5 Å². The Morgan fingerprint density at radius 2 is 0.754 bits per heavy atom. The smallest absolute Gasteiger partial charge is 0.394 e. The number of nitrogens with zero attached hydrogens (tertiary/aromatic N) is 6. The molecule has 310 valence electrons. The molecule has 4 aromatic carbocycles. The van der Waals surface area contributed by atoms with Crippen LogP contribution in [0.25, 0.3) is 0 Å². The Hall–Kier alpha value is -3.75. The highest BCUT2D eigenvalue weighted by atomic mass is 31.2. The molecule has 15 heteroatoms. The molecule has 1 N–H and O–H groups in total. The van der Waals surface area contributed by atoms with Gasteiger partial charge in [0.05, 0.1) is 14.2 Å². The Bertz CT molecular complexity index is 1920. The van der Waals surface area contributed by atoms with Crippen molar-refractivity contribution < 1.29 is 28.1 Å². The predicted molar refractivity (Wildman–Crippen MR) is 238 cm³/mol. The second-order valence-electron chi connectivity index (χ2n) is 16.3. The molecular formula is C42H61N6O6P3. The highest BCUT2D eigenvalue weighted by molar-refractivity contribution is 7.66. The minimum atomic E-state index is -3.67. The Morgan fingerprint density at radius 3 is 1.04 bits per heavy atom. The van der Waals surface area contributed by atoms with Crippen molar-refractivity contribution in [2.24, 2.45) is 0 Å². The van der Waals surface area contributed by atoms with E-state index >= 15 is 0 Å². The molecule has 12 nitrogen and oxygen atoms in total. The number of methoxy groups -OCH3 is 2. The molecule has 3 heterocycles. The van der Waals surface area contributed by atoms with E-state index in [1.165, 1.54) is 9.34 Å². The maximum absolute atomic E-state index is 13.1. The monoisotopic (exact) mass is 838 g/mol. The number of ether oxygens (including phenoxy) is 2. The zero-order valence-electron chi connectivity index (χ0n) is 35.1. The van der Waals surface area contributed by atoms with Crippen LogP contribution in [0.2, 0.25) is 0 Å². The fourth-order valence-corrected chi connectivity index (χ4v) is 15.2. The molecule has 0 radical (unpaired) electrons. The van der Waals surface area contributed by atoms with Crippen molar-refractivity contribution in [2.45, 2.75) is 52.6 Å². The summed E-state index contributed by atoms with van der Waals surface area (Å²) in [5, 5.41) is 0. The summed E-state index contributed by atoms with van der Waals surface area (Å²) < 4.78 is 60.6. The molecule has 0 atom stereocenters. The lowest BCUT2D eigenvalue weighted by Crippen LogP contribution is -2.39. The number of para-hydroxylation sites is 2. The minimum Gasteiger partial charge on any atom is -0.497 e. The van der Waals surface area contributed by atoms with Crippen LogP contribution >= 0.6 is 22.6 Å². The van der Waals surface area contributed by atoms with Gasteiger partial charge in [-0.3, -0.25) is 18.5 Å². The van der Waals surface area contributed by atoms with E-state index in [1.807, 2.05) is 83.3 Å². The average molecular weight is 839 g/mol. The van der Waals surface area contributed by atoms with Crippen LogP contribution in [0.4, 0.5) is 22.7 Å². The molecule has 7 rings (SSSR count). The summed E-state index contributed by atoms with van der Waals surface area (Å²) in [6, 6.07) is 34.3. The molecule has 0 amide bonds. The molecular weight excluding hydrogens is 777 g/mol. The van der Waals surface area contributed by atoms with E-state index in [-0.39, 0.29) is 11.1 Å². The van der Waals surface area contributed by atoms with Crippen LogP contribution in [0, 0.1) is 0 Å². The molecule has 3 aliphatic rings. The van der Waals surface area contributed by atoms with Gasteiger partial charge in [0.15, 0.2) is 0 Å². The van der Waals surface area contributed by atoms with Crippen molar-refractivity contribution in [3.8, 4) is 11.5 Å². The summed E-state index contributed by atoms with van der Waals surface area (Å²) in [6.07, 6.45) is 0. The highest BCUT2D eigenvalue weighted by Crippen LogP contribution is 2.60. The summed E-state index contributed by atoms with van der Waals surface area (Å²) in [4.78, 5) is 10.6. The molecule has 0 aromatic heterocycles. The van der Waals surface area contributed by atoms with Crippen LogP contribution in [0.5, 0.6) is 11.5 Å². The van der Waals surface area contributed by atoms with E-state index in [9.17, 15) is 18.6 Å². The average Bonchev–Trinajstić information content (AvgIpc) is 3.80. The largest absolute Gasteiger partial charge is 0.497 e. The Labute approximate surface area is 340 Å². The first-order valence-corrected chi connectivity index (χ1v) is 25.0. The first-order valence-electron chi connectivity index (χ1n) is 19.3. The van der Waals surface area contributed by atoms with Gasteiger partial charge in [-0.15, -0.1) is 0 Å². The number of hydrogen-bond donors (Lipinski definition) is 1. The first-order chi connectivity index (χ1) is 26.7. The first kappa shape index (κ1) is 44.4. The lowest BCUT2D eigenvalue weighted by Gasteiger charge is -2.40. The third kappa shape index (κ3) is 9.93. The maximum Gasteiger partial charge on any atom is 0.394 e.